The summed E-state index contributed by atoms with van der Waals surface area (Å²) in [6.45, 7) is 2.45. The van der Waals surface area contributed by atoms with Crippen LogP contribution in [0.1, 0.15) is 27.5 Å². The van der Waals surface area contributed by atoms with E-state index < -0.39 is 0 Å². The van der Waals surface area contributed by atoms with Gasteiger partial charge in [-0.3, -0.25) is 9.78 Å². The fourth-order valence-electron chi connectivity index (χ4n) is 3.91. The summed E-state index contributed by atoms with van der Waals surface area (Å²) in [6.07, 6.45) is 1.63. The Bertz CT molecular complexity index is 1470. The normalized spacial score (nSPS) is 11.1. The van der Waals surface area contributed by atoms with Gasteiger partial charge in [-0.2, -0.15) is 0 Å². The molecule has 0 saturated carbocycles. The van der Waals surface area contributed by atoms with Crippen LogP contribution >= 0.6 is 11.6 Å². The van der Waals surface area contributed by atoms with Crippen molar-refractivity contribution in [2.45, 2.75) is 13.5 Å². The number of carbonyl (C=O) groups excluding carboxylic acids is 1. The van der Waals surface area contributed by atoms with E-state index in [0.29, 0.717) is 28.6 Å². The zero-order valence-corrected chi connectivity index (χ0v) is 18.7. The average molecular weight is 459 g/mol. The number of pyridine rings is 1. The predicted molar refractivity (Wildman–Crippen MR) is 125 cm³/mol. The van der Waals surface area contributed by atoms with E-state index in [2.05, 4.69) is 19.7 Å². The maximum absolute atomic E-state index is 13.6. The van der Waals surface area contributed by atoms with E-state index in [0.717, 1.165) is 22.2 Å². The third-order valence-electron chi connectivity index (χ3n) is 5.49. The molecule has 0 N–H and O–H groups in total. The Morgan fingerprint density at radius 3 is 2.73 bits per heavy atom. The summed E-state index contributed by atoms with van der Waals surface area (Å²) in [5.74, 6) is 0.390. The highest BCUT2D eigenvalue weighted by Crippen LogP contribution is 2.32. The first-order chi connectivity index (χ1) is 16.0. The van der Waals surface area contributed by atoms with Gasteiger partial charge in [-0.25, -0.2) is 0 Å². The Morgan fingerprint density at radius 1 is 1.09 bits per heavy atom. The molecular weight excluding hydrogens is 440 g/mol. The molecule has 0 bridgehead atoms. The van der Waals surface area contributed by atoms with Crippen LogP contribution in [0.5, 0.6) is 5.75 Å². The molecule has 0 fully saturated rings. The lowest BCUT2D eigenvalue weighted by Gasteiger charge is -2.09. The number of hydrogen-bond acceptors (Lipinski definition) is 6. The first-order valence-corrected chi connectivity index (χ1v) is 10.6. The number of benzene rings is 2. The van der Waals surface area contributed by atoms with Crippen LogP contribution < -0.4 is 4.74 Å². The molecule has 5 rings (SSSR count). The summed E-state index contributed by atoms with van der Waals surface area (Å²) < 4.78 is 13.2. The molecule has 7 nitrogen and oxygen atoms in total. The van der Waals surface area contributed by atoms with Crippen LogP contribution in [0, 0.1) is 6.92 Å². The van der Waals surface area contributed by atoms with Crippen LogP contribution in [-0.2, 0) is 6.54 Å². The molecule has 0 unspecified atom stereocenters. The van der Waals surface area contributed by atoms with Crippen molar-refractivity contribution in [3.05, 3.63) is 94.6 Å². The van der Waals surface area contributed by atoms with E-state index in [-0.39, 0.29) is 17.6 Å². The fourth-order valence-corrected chi connectivity index (χ4v) is 4.12. The van der Waals surface area contributed by atoms with E-state index in [4.69, 9.17) is 20.8 Å². The molecule has 33 heavy (non-hydrogen) atoms. The van der Waals surface area contributed by atoms with Crippen LogP contribution in [0.25, 0.3) is 22.5 Å². The highest BCUT2D eigenvalue weighted by atomic mass is 35.5. The molecule has 0 spiro atoms. The van der Waals surface area contributed by atoms with E-state index in [9.17, 15) is 4.79 Å². The summed E-state index contributed by atoms with van der Waals surface area (Å²) in [6, 6.07) is 18.7. The molecule has 0 aliphatic rings. The third-order valence-corrected chi connectivity index (χ3v) is 5.73. The van der Waals surface area contributed by atoms with E-state index in [1.807, 2.05) is 55.5 Å². The molecule has 3 heterocycles. The maximum atomic E-state index is 13.6. The Labute approximate surface area is 194 Å². The van der Waals surface area contributed by atoms with Gasteiger partial charge < -0.3 is 13.7 Å². The van der Waals surface area contributed by atoms with Gasteiger partial charge in [0, 0.05) is 34.4 Å². The summed E-state index contributed by atoms with van der Waals surface area (Å²) in [5, 5.41) is 9.42. The Balaban J connectivity index is 1.62. The standard InChI is InChI=1S/C25H19ClN4O3/c1-15-22(23(31)25-29-28-24(33-25)20-8-3-4-11-27-20)19-13-18(32-2)9-10-21(19)30(15)14-16-6-5-7-17(26)12-16/h3-13H,14H2,1-2H3. The SMILES string of the molecule is COc1ccc2c(c1)c(C(=O)c1nnc(-c3ccccn3)o1)c(C)n2Cc1cccc(Cl)c1. The first-order valence-electron chi connectivity index (χ1n) is 10.3. The fraction of sp³-hybridized carbons (Fsp3) is 0.120. The number of nitrogens with zero attached hydrogens (tertiary/aromatic N) is 4. The van der Waals surface area contributed by atoms with Crippen molar-refractivity contribution in [1.82, 2.24) is 19.7 Å². The lowest BCUT2D eigenvalue weighted by molar-refractivity contribution is 0.100. The number of carbonyl (C=O) groups is 1. The highest BCUT2D eigenvalue weighted by molar-refractivity contribution is 6.30. The van der Waals surface area contributed by atoms with Gasteiger partial charge >= 0.3 is 0 Å². The van der Waals surface area contributed by atoms with Gasteiger partial charge in [0.1, 0.15) is 11.4 Å². The van der Waals surface area contributed by atoms with E-state index in [1.54, 1.807) is 25.4 Å². The molecule has 8 heteroatoms. The summed E-state index contributed by atoms with van der Waals surface area (Å²) in [4.78, 5) is 17.8. The van der Waals surface area contributed by atoms with Crippen molar-refractivity contribution >= 4 is 28.3 Å². The number of hydrogen-bond donors (Lipinski definition) is 0. The van der Waals surface area contributed by atoms with Gasteiger partial charge in [-0.1, -0.05) is 29.8 Å². The molecule has 5 aromatic rings. The lowest BCUT2D eigenvalue weighted by atomic mass is 10.1. The zero-order valence-electron chi connectivity index (χ0n) is 17.9. The van der Waals surface area contributed by atoms with Crippen LogP contribution in [0.3, 0.4) is 0 Å². The molecule has 0 amide bonds. The lowest BCUT2D eigenvalue weighted by Crippen LogP contribution is -2.06. The Morgan fingerprint density at radius 2 is 1.97 bits per heavy atom. The molecule has 0 atom stereocenters. The predicted octanol–water partition coefficient (Wildman–Crippen LogP) is 5.34. The van der Waals surface area contributed by atoms with Gasteiger partial charge in [0.05, 0.1) is 12.7 Å². The first kappa shape index (κ1) is 20.9. The minimum atomic E-state index is -0.356. The van der Waals surface area contributed by atoms with Crippen LogP contribution in [0.2, 0.25) is 5.02 Å². The molecule has 164 valence electrons. The van der Waals surface area contributed by atoms with Gasteiger partial charge in [-0.15, -0.1) is 10.2 Å². The monoisotopic (exact) mass is 458 g/mol. The molecule has 0 saturated heterocycles. The molecule has 3 aromatic heterocycles. The van der Waals surface area contributed by atoms with E-state index in [1.165, 1.54) is 0 Å². The van der Waals surface area contributed by atoms with Gasteiger partial charge in [0.2, 0.25) is 0 Å². The summed E-state index contributed by atoms with van der Waals surface area (Å²) in [7, 11) is 1.59. The molecule has 0 aliphatic carbocycles. The summed E-state index contributed by atoms with van der Waals surface area (Å²) in [5.41, 5.74) is 3.68. The number of ketones is 1. The topological polar surface area (TPSA) is 83.0 Å². The summed E-state index contributed by atoms with van der Waals surface area (Å²) >= 11 is 6.18. The third kappa shape index (κ3) is 3.87. The largest absolute Gasteiger partial charge is 0.497 e. The van der Waals surface area contributed by atoms with E-state index >= 15 is 0 Å². The minimum Gasteiger partial charge on any atom is -0.497 e. The molecule has 2 aromatic carbocycles. The molecule has 0 radical (unpaired) electrons. The second-order valence-corrected chi connectivity index (χ2v) is 7.95. The zero-order chi connectivity index (χ0) is 22.9. The number of aromatic nitrogens is 4. The maximum Gasteiger partial charge on any atom is 0.289 e. The second-order valence-electron chi connectivity index (χ2n) is 7.52. The number of methoxy groups -OCH3 is 1. The average Bonchev–Trinajstić information content (AvgIpc) is 3.43. The van der Waals surface area contributed by atoms with Gasteiger partial charge in [0.25, 0.3) is 17.6 Å². The highest BCUT2D eigenvalue weighted by Gasteiger charge is 2.26. The van der Waals surface area contributed by atoms with Gasteiger partial charge in [-0.05, 0) is 55.0 Å². The smallest absolute Gasteiger partial charge is 0.289 e. The van der Waals surface area contributed by atoms with Crippen molar-refractivity contribution in [2.75, 3.05) is 7.11 Å². The van der Waals surface area contributed by atoms with Crippen molar-refractivity contribution in [3.63, 3.8) is 0 Å². The minimum absolute atomic E-state index is 0.0941. The van der Waals surface area contributed by atoms with Crippen molar-refractivity contribution < 1.29 is 13.9 Å². The molecule has 0 aliphatic heterocycles. The van der Waals surface area contributed by atoms with Crippen LogP contribution in [0.15, 0.2) is 71.3 Å². The second kappa shape index (κ2) is 8.52. The number of halogens is 1. The van der Waals surface area contributed by atoms with Crippen molar-refractivity contribution in [2.24, 2.45) is 0 Å². The quantitative estimate of drug-likeness (QED) is 0.319. The number of fused-ring (bicyclic) bond motifs is 1. The Hall–Kier alpha value is -3.97. The van der Waals surface area contributed by atoms with Gasteiger partial charge in [0.15, 0.2) is 0 Å². The van der Waals surface area contributed by atoms with Crippen LogP contribution in [-0.4, -0.2) is 32.6 Å². The van der Waals surface area contributed by atoms with Crippen molar-refractivity contribution in [1.29, 1.82) is 0 Å². The molecular formula is C25H19ClN4O3. The number of rotatable bonds is 6. The van der Waals surface area contributed by atoms with Crippen molar-refractivity contribution in [3.8, 4) is 17.3 Å². The Kier molecular flexibility index (Phi) is 5.40. The number of ether oxygens (including phenoxy) is 1. The van der Waals surface area contributed by atoms with Crippen LogP contribution in [0.4, 0.5) is 0 Å².